The quantitative estimate of drug-likeness (QED) is 0.810. The zero-order valence-electron chi connectivity index (χ0n) is 12.4. The molecule has 2 heterocycles. The lowest BCUT2D eigenvalue weighted by Gasteiger charge is -2.20. The van der Waals surface area contributed by atoms with E-state index in [9.17, 15) is 9.90 Å². The van der Waals surface area contributed by atoms with Gasteiger partial charge in [-0.2, -0.15) is 5.10 Å². The first-order chi connectivity index (χ1) is 9.41. The largest absolute Gasteiger partial charge is 0.386 e. The van der Waals surface area contributed by atoms with Crippen molar-refractivity contribution >= 4 is 5.91 Å². The van der Waals surface area contributed by atoms with E-state index in [-0.39, 0.29) is 12.5 Å². The van der Waals surface area contributed by atoms with E-state index in [2.05, 4.69) is 10.4 Å². The number of carbonyl (C=O) groups excluding carboxylic acids is 1. The first-order valence-electron chi connectivity index (χ1n) is 6.97. The summed E-state index contributed by atoms with van der Waals surface area (Å²) in [6.07, 6.45) is 1.66. The van der Waals surface area contributed by atoms with Gasteiger partial charge in [-0.25, -0.2) is 0 Å². The first-order valence-corrected chi connectivity index (χ1v) is 6.97. The van der Waals surface area contributed by atoms with Crippen molar-refractivity contribution in [2.45, 2.75) is 38.7 Å². The number of hydrogen-bond donors (Lipinski definition) is 2. The van der Waals surface area contributed by atoms with Crippen LogP contribution in [0.3, 0.4) is 0 Å². The smallest absolute Gasteiger partial charge is 0.220 e. The molecule has 2 N–H and O–H groups in total. The molecule has 1 atom stereocenters. The Bertz CT molecular complexity index is 490. The predicted molar refractivity (Wildman–Crippen MR) is 74.4 cm³/mol. The van der Waals surface area contributed by atoms with Crippen LogP contribution < -0.4 is 5.32 Å². The van der Waals surface area contributed by atoms with Gasteiger partial charge >= 0.3 is 0 Å². The van der Waals surface area contributed by atoms with E-state index in [0.29, 0.717) is 32.5 Å². The van der Waals surface area contributed by atoms with E-state index in [1.807, 2.05) is 25.6 Å². The average molecular weight is 281 g/mol. The number of nitrogens with zero attached hydrogens (tertiary/aromatic N) is 2. The minimum absolute atomic E-state index is 0.0482. The summed E-state index contributed by atoms with van der Waals surface area (Å²) in [4.78, 5) is 11.9. The summed E-state index contributed by atoms with van der Waals surface area (Å²) >= 11 is 0. The molecule has 6 nitrogen and oxygen atoms in total. The van der Waals surface area contributed by atoms with Gasteiger partial charge in [-0.15, -0.1) is 0 Å². The first kappa shape index (κ1) is 15.0. The van der Waals surface area contributed by atoms with Crippen molar-refractivity contribution in [2.24, 2.45) is 7.05 Å². The molecule has 1 aliphatic heterocycles. The summed E-state index contributed by atoms with van der Waals surface area (Å²) in [5, 5.41) is 17.2. The third-order valence-corrected chi connectivity index (χ3v) is 3.96. The van der Waals surface area contributed by atoms with Gasteiger partial charge in [0.15, 0.2) is 0 Å². The number of aromatic nitrogens is 2. The number of hydrogen-bond acceptors (Lipinski definition) is 4. The lowest BCUT2D eigenvalue weighted by Crippen LogP contribution is -2.43. The molecule has 1 amide bonds. The molecule has 0 bridgehead atoms. The molecular weight excluding hydrogens is 258 g/mol. The maximum absolute atomic E-state index is 11.9. The molecule has 0 saturated carbocycles. The standard InChI is InChI=1S/C14H23N3O3/c1-10-12(11(2)17(3)16-10)4-5-13(18)15-8-14(19)6-7-20-9-14/h19H,4-9H2,1-3H3,(H,15,18). The van der Waals surface area contributed by atoms with Gasteiger partial charge in [0.25, 0.3) is 0 Å². The maximum Gasteiger partial charge on any atom is 0.220 e. The highest BCUT2D eigenvalue weighted by Gasteiger charge is 2.32. The highest BCUT2D eigenvalue weighted by molar-refractivity contribution is 5.76. The zero-order valence-corrected chi connectivity index (χ0v) is 12.4. The Kier molecular flexibility index (Phi) is 4.45. The van der Waals surface area contributed by atoms with Crippen LogP contribution in [0.15, 0.2) is 0 Å². The van der Waals surface area contributed by atoms with Gasteiger partial charge < -0.3 is 15.2 Å². The number of nitrogens with one attached hydrogen (secondary N) is 1. The Balaban J connectivity index is 1.80. The van der Waals surface area contributed by atoms with Crippen LogP contribution in [0.1, 0.15) is 29.8 Å². The highest BCUT2D eigenvalue weighted by Crippen LogP contribution is 2.17. The van der Waals surface area contributed by atoms with Crippen LogP contribution in [0.25, 0.3) is 0 Å². The van der Waals surface area contributed by atoms with E-state index in [1.54, 1.807) is 0 Å². The summed E-state index contributed by atoms with van der Waals surface area (Å²) in [6, 6.07) is 0. The van der Waals surface area contributed by atoms with Crippen molar-refractivity contribution in [3.8, 4) is 0 Å². The topological polar surface area (TPSA) is 76.4 Å². The van der Waals surface area contributed by atoms with Crippen molar-refractivity contribution in [3.05, 3.63) is 17.0 Å². The maximum atomic E-state index is 11.9. The molecule has 2 rings (SSSR count). The number of aliphatic hydroxyl groups is 1. The molecule has 112 valence electrons. The molecule has 1 unspecified atom stereocenters. The molecule has 1 aromatic heterocycles. The lowest BCUT2D eigenvalue weighted by molar-refractivity contribution is -0.122. The van der Waals surface area contributed by atoms with Crippen LogP contribution in [0.5, 0.6) is 0 Å². The molecule has 0 aromatic carbocycles. The van der Waals surface area contributed by atoms with Gasteiger partial charge in [-0.1, -0.05) is 0 Å². The van der Waals surface area contributed by atoms with Gasteiger partial charge in [0.05, 0.1) is 12.3 Å². The number of amides is 1. The van der Waals surface area contributed by atoms with Crippen LogP contribution in [0.4, 0.5) is 0 Å². The number of rotatable bonds is 5. The summed E-state index contributed by atoms with van der Waals surface area (Å²) in [6.45, 7) is 5.08. The van der Waals surface area contributed by atoms with Crippen molar-refractivity contribution < 1.29 is 14.6 Å². The second kappa shape index (κ2) is 5.93. The van der Waals surface area contributed by atoms with Crippen molar-refractivity contribution in [1.29, 1.82) is 0 Å². The Labute approximate surface area is 119 Å². The molecule has 1 fully saturated rings. The van der Waals surface area contributed by atoms with E-state index in [0.717, 1.165) is 17.0 Å². The number of carbonyl (C=O) groups is 1. The van der Waals surface area contributed by atoms with Crippen molar-refractivity contribution in [2.75, 3.05) is 19.8 Å². The zero-order chi connectivity index (χ0) is 14.8. The Morgan fingerprint density at radius 2 is 2.30 bits per heavy atom. The third-order valence-electron chi connectivity index (χ3n) is 3.96. The fourth-order valence-electron chi connectivity index (χ4n) is 2.51. The monoisotopic (exact) mass is 281 g/mol. The van der Waals surface area contributed by atoms with Gasteiger partial charge in [-0.05, 0) is 25.8 Å². The van der Waals surface area contributed by atoms with E-state index >= 15 is 0 Å². The molecule has 1 aliphatic rings. The van der Waals surface area contributed by atoms with Gasteiger partial charge in [0.1, 0.15) is 5.60 Å². The Hall–Kier alpha value is -1.40. The second-order valence-corrected chi connectivity index (χ2v) is 5.58. The van der Waals surface area contributed by atoms with Gasteiger partial charge in [0, 0.05) is 38.7 Å². The molecule has 20 heavy (non-hydrogen) atoms. The third kappa shape index (κ3) is 3.37. The molecule has 0 aliphatic carbocycles. The Morgan fingerprint density at radius 3 is 2.85 bits per heavy atom. The fraction of sp³-hybridized carbons (Fsp3) is 0.714. The van der Waals surface area contributed by atoms with Crippen molar-refractivity contribution in [3.63, 3.8) is 0 Å². The van der Waals surface area contributed by atoms with E-state index in [1.165, 1.54) is 0 Å². The van der Waals surface area contributed by atoms with Gasteiger partial charge in [-0.3, -0.25) is 9.48 Å². The summed E-state index contributed by atoms with van der Waals surface area (Å²) in [7, 11) is 1.90. The Morgan fingerprint density at radius 1 is 1.55 bits per heavy atom. The number of aryl methyl sites for hydroxylation is 2. The SMILES string of the molecule is Cc1nn(C)c(C)c1CCC(=O)NCC1(O)CCOC1. The molecular formula is C14H23N3O3. The van der Waals surface area contributed by atoms with Crippen LogP contribution in [0.2, 0.25) is 0 Å². The molecule has 6 heteroatoms. The highest BCUT2D eigenvalue weighted by atomic mass is 16.5. The van der Waals surface area contributed by atoms with Gasteiger partial charge in [0.2, 0.25) is 5.91 Å². The van der Waals surface area contributed by atoms with Crippen LogP contribution >= 0.6 is 0 Å². The van der Waals surface area contributed by atoms with E-state index < -0.39 is 5.60 Å². The predicted octanol–water partition coefficient (Wildman–Crippen LogP) is 0.237. The minimum Gasteiger partial charge on any atom is -0.386 e. The van der Waals surface area contributed by atoms with Crippen molar-refractivity contribution in [1.82, 2.24) is 15.1 Å². The second-order valence-electron chi connectivity index (χ2n) is 5.58. The molecule has 1 aromatic rings. The number of ether oxygens (including phenoxy) is 1. The van der Waals surface area contributed by atoms with Crippen LogP contribution in [-0.4, -0.2) is 46.2 Å². The average Bonchev–Trinajstić information content (AvgIpc) is 2.92. The molecule has 0 spiro atoms. The molecule has 1 saturated heterocycles. The lowest BCUT2D eigenvalue weighted by atomic mass is 10.0. The van der Waals surface area contributed by atoms with Crippen LogP contribution in [0, 0.1) is 13.8 Å². The van der Waals surface area contributed by atoms with E-state index in [4.69, 9.17) is 4.74 Å². The fourth-order valence-corrected chi connectivity index (χ4v) is 2.51. The van der Waals surface area contributed by atoms with Crippen LogP contribution in [-0.2, 0) is 23.0 Å². The summed E-state index contributed by atoms with van der Waals surface area (Å²) < 4.78 is 6.98. The molecule has 0 radical (unpaired) electrons. The minimum atomic E-state index is -0.893. The summed E-state index contributed by atoms with van der Waals surface area (Å²) in [5.74, 6) is -0.0482. The summed E-state index contributed by atoms with van der Waals surface area (Å²) in [5.41, 5.74) is 2.31. The normalized spacial score (nSPS) is 22.2.